The van der Waals surface area contributed by atoms with Crippen LogP contribution in [0.3, 0.4) is 0 Å². The lowest BCUT2D eigenvalue weighted by Crippen LogP contribution is -2.34. The van der Waals surface area contributed by atoms with Crippen LogP contribution in [0.5, 0.6) is 0 Å². The van der Waals surface area contributed by atoms with E-state index in [1.54, 1.807) is 0 Å². The molecule has 26 heavy (non-hydrogen) atoms. The molecule has 4 N–H and O–H groups in total. The Morgan fingerprint density at radius 2 is 0.808 bits per heavy atom. The van der Waals surface area contributed by atoms with Crippen LogP contribution in [0.25, 0.3) is 0 Å². The SMILES string of the molecule is O=C(O)[C@H]1C[C@@H](C(=O)O)[C@H]2C[C@H]3[C@@H](CCC[C@H]21)[C@@H](C(=O)O)C[C@H]3C(=O)O. The quantitative estimate of drug-likeness (QED) is 0.585. The maximum Gasteiger partial charge on any atom is 0.306 e. The molecular weight excluding hydrogens is 344 g/mol. The summed E-state index contributed by atoms with van der Waals surface area (Å²) in [5.41, 5.74) is 0. The Morgan fingerprint density at radius 1 is 0.500 bits per heavy atom. The van der Waals surface area contributed by atoms with Gasteiger partial charge in [-0.1, -0.05) is 6.42 Å². The van der Waals surface area contributed by atoms with E-state index in [9.17, 15) is 39.6 Å². The number of carbonyl (C=O) groups is 4. The molecule has 3 fully saturated rings. The molecule has 8 atom stereocenters. The molecule has 3 aliphatic carbocycles. The Kier molecular flexibility index (Phi) is 4.94. The maximum atomic E-state index is 11.7. The number of carboxylic acid groups (broad SMARTS) is 4. The molecule has 0 aliphatic heterocycles. The van der Waals surface area contributed by atoms with Crippen LogP contribution < -0.4 is 0 Å². The van der Waals surface area contributed by atoms with Crippen molar-refractivity contribution >= 4 is 23.9 Å². The molecule has 0 saturated heterocycles. The summed E-state index contributed by atoms with van der Waals surface area (Å²) in [5.74, 6) is -8.52. The predicted octanol–water partition coefficient (Wildman–Crippen LogP) is 1.64. The molecule has 3 aliphatic rings. The van der Waals surface area contributed by atoms with Crippen LogP contribution in [0.2, 0.25) is 0 Å². The van der Waals surface area contributed by atoms with Gasteiger partial charge in [-0.25, -0.2) is 0 Å². The van der Waals surface area contributed by atoms with E-state index in [1.165, 1.54) is 0 Å². The zero-order valence-corrected chi connectivity index (χ0v) is 14.3. The first-order chi connectivity index (χ1) is 12.2. The van der Waals surface area contributed by atoms with Gasteiger partial charge in [0.2, 0.25) is 0 Å². The molecule has 8 nitrogen and oxygen atoms in total. The summed E-state index contributed by atoms with van der Waals surface area (Å²) in [6, 6.07) is 0. The zero-order chi connectivity index (χ0) is 19.2. The van der Waals surface area contributed by atoms with Crippen molar-refractivity contribution in [1.29, 1.82) is 0 Å². The first-order valence-corrected chi connectivity index (χ1v) is 9.13. The number of hydrogen-bond acceptors (Lipinski definition) is 4. The van der Waals surface area contributed by atoms with Gasteiger partial charge in [-0.2, -0.15) is 0 Å². The minimum atomic E-state index is -1.04. The summed E-state index contributed by atoms with van der Waals surface area (Å²) in [7, 11) is 0. The summed E-state index contributed by atoms with van der Waals surface area (Å²) in [4.78, 5) is 46.6. The van der Waals surface area contributed by atoms with E-state index < -0.39 is 59.4 Å². The lowest BCUT2D eigenvalue weighted by Gasteiger charge is -2.35. The molecular formula is C18H24O8. The van der Waals surface area contributed by atoms with Crippen LogP contribution in [0.4, 0.5) is 0 Å². The van der Waals surface area contributed by atoms with Gasteiger partial charge >= 0.3 is 23.9 Å². The Bertz CT molecular complexity index is 577. The fourth-order valence-electron chi connectivity index (χ4n) is 5.99. The van der Waals surface area contributed by atoms with Gasteiger partial charge in [-0.15, -0.1) is 0 Å². The van der Waals surface area contributed by atoms with E-state index in [-0.39, 0.29) is 31.1 Å². The number of hydrogen-bond donors (Lipinski definition) is 4. The molecule has 0 radical (unpaired) electrons. The van der Waals surface area contributed by atoms with Gasteiger partial charge in [-0.05, 0) is 55.8 Å². The number of carboxylic acids is 4. The molecule has 3 rings (SSSR count). The molecule has 0 aromatic rings. The molecule has 0 aromatic heterocycles. The fourth-order valence-corrected chi connectivity index (χ4v) is 5.99. The van der Waals surface area contributed by atoms with Crippen LogP contribution in [0.1, 0.15) is 38.5 Å². The van der Waals surface area contributed by atoms with E-state index in [1.807, 2.05) is 0 Å². The lowest BCUT2D eigenvalue weighted by atomic mass is 9.69. The Morgan fingerprint density at radius 3 is 1.12 bits per heavy atom. The molecule has 0 amide bonds. The van der Waals surface area contributed by atoms with Crippen LogP contribution >= 0.6 is 0 Å². The van der Waals surface area contributed by atoms with Crippen molar-refractivity contribution in [1.82, 2.24) is 0 Å². The number of fused-ring (bicyclic) bond motifs is 2. The first kappa shape index (κ1) is 18.7. The molecule has 144 valence electrons. The van der Waals surface area contributed by atoms with E-state index >= 15 is 0 Å². The predicted molar refractivity (Wildman–Crippen MR) is 86.2 cm³/mol. The molecule has 8 heteroatoms. The van der Waals surface area contributed by atoms with E-state index in [0.29, 0.717) is 19.3 Å². The van der Waals surface area contributed by atoms with Gasteiger partial charge in [0.1, 0.15) is 0 Å². The van der Waals surface area contributed by atoms with Crippen molar-refractivity contribution in [3.63, 3.8) is 0 Å². The summed E-state index contributed by atoms with van der Waals surface area (Å²) < 4.78 is 0. The van der Waals surface area contributed by atoms with Gasteiger partial charge < -0.3 is 20.4 Å². The third kappa shape index (κ3) is 3.05. The van der Waals surface area contributed by atoms with Gasteiger partial charge in [0.25, 0.3) is 0 Å². The smallest absolute Gasteiger partial charge is 0.306 e. The number of rotatable bonds is 4. The second kappa shape index (κ2) is 6.89. The fraction of sp³-hybridized carbons (Fsp3) is 0.778. The second-order valence-corrected chi connectivity index (χ2v) is 8.07. The molecule has 0 unspecified atom stereocenters. The van der Waals surface area contributed by atoms with E-state index in [0.717, 1.165) is 0 Å². The van der Waals surface area contributed by atoms with Gasteiger partial charge in [-0.3, -0.25) is 19.2 Å². The Balaban J connectivity index is 1.94. The maximum absolute atomic E-state index is 11.7. The van der Waals surface area contributed by atoms with Gasteiger partial charge in [0.15, 0.2) is 0 Å². The number of aliphatic carboxylic acids is 4. The Labute approximate surface area is 150 Å². The van der Waals surface area contributed by atoms with Gasteiger partial charge in [0, 0.05) is 0 Å². The standard InChI is InChI=1S/C18H24O8/c19-15(20)11-5-13(17(23)24)9-4-10-8(3-1-2-7(9)11)12(16(21)22)6-14(10)18(25)26/h7-14H,1-6H2,(H,19,20)(H,21,22)(H,23,24)(H,25,26)/t7-,8-,9+,10+,11+,12+,13-,14-/m1/s1. The van der Waals surface area contributed by atoms with Crippen LogP contribution in [-0.4, -0.2) is 44.3 Å². The van der Waals surface area contributed by atoms with Crippen molar-refractivity contribution in [2.75, 3.05) is 0 Å². The van der Waals surface area contributed by atoms with E-state index in [2.05, 4.69) is 0 Å². The highest BCUT2D eigenvalue weighted by Crippen LogP contribution is 2.55. The molecule has 0 spiro atoms. The topological polar surface area (TPSA) is 149 Å². The average Bonchev–Trinajstić information content (AvgIpc) is 3.05. The molecule has 0 aromatic carbocycles. The Hall–Kier alpha value is -2.12. The third-order valence-corrected chi connectivity index (χ3v) is 7.07. The first-order valence-electron chi connectivity index (χ1n) is 9.13. The molecule has 0 heterocycles. The van der Waals surface area contributed by atoms with Crippen LogP contribution in [-0.2, 0) is 19.2 Å². The minimum absolute atomic E-state index is 0.0669. The highest BCUT2D eigenvalue weighted by atomic mass is 16.4. The summed E-state index contributed by atoms with van der Waals surface area (Å²) in [6.07, 6.45) is 2.14. The summed E-state index contributed by atoms with van der Waals surface area (Å²) in [5, 5.41) is 38.1. The second-order valence-electron chi connectivity index (χ2n) is 8.07. The van der Waals surface area contributed by atoms with Crippen molar-refractivity contribution < 1.29 is 39.6 Å². The van der Waals surface area contributed by atoms with Crippen molar-refractivity contribution in [3.8, 4) is 0 Å². The van der Waals surface area contributed by atoms with Crippen molar-refractivity contribution in [2.45, 2.75) is 38.5 Å². The highest BCUT2D eigenvalue weighted by Gasteiger charge is 2.55. The monoisotopic (exact) mass is 368 g/mol. The molecule has 3 saturated carbocycles. The van der Waals surface area contributed by atoms with Crippen molar-refractivity contribution in [2.24, 2.45) is 47.3 Å². The molecule has 0 bridgehead atoms. The minimum Gasteiger partial charge on any atom is -0.481 e. The third-order valence-electron chi connectivity index (χ3n) is 7.07. The zero-order valence-electron chi connectivity index (χ0n) is 14.3. The largest absolute Gasteiger partial charge is 0.481 e. The lowest BCUT2D eigenvalue weighted by molar-refractivity contribution is -0.145. The average molecular weight is 368 g/mol. The highest BCUT2D eigenvalue weighted by molar-refractivity contribution is 5.77. The van der Waals surface area contributed by atoms with Crippen LogP contribution in [0, 0.1) is 47.3 Å². The van der Waals surface area contributed by atoms with Crippen LogP contribution in [0.15, 0.2) is 0 Å². The summed E-state index contributed by atoms with van der Waals surface area (Å²) in [6.45, 7) is 0. The van der Waals surface area contributed by atoms with Crippen molar-refractivity contribution in [3.05, 3.63) is 0 Å². The van der Waals surface area contributed by atoms with Gasteiger partial charge in [0.05, 0.1) is 23.7 Å². The van der Waals surface area contributed by atoms with E-state index in [4.69, 9.17) is 0 Å². The normalized spacial score (nSPS) is 42.2. The summed E-state index contributed by atoms with van der Waals surface area (Å²) >= 11 is 0.